The molecule has 2 aromatic rings. The van der Waals surface area contributed by atoms with Gasteiger partial charge in [-0.05, 0) is 24.3 Å². The summed E-state index contributed by atoms with van der Waals surface area (Å²) in [5.74, 6) is -0.155. The zero-order valence-electron chi connectivity index (χ0n) is 12.2. The fourth-order valence-corrected chi connectivity index (χ4v) is 3.24. The van der Waals surface area contributed by atoms with Crippen molar-refractivity contribution in [3.05, 3.63) is 63.8 Å². The number of nitrogens with zero attached hydrogens (tertiary/aromatic N) is 1. The Morgan fingerprint density at radius 2 is 1.83 bits per heavy atom. The number of rotatable bonds is 1. The van der Waals surface area contributed by atoms with E-state index < -0.39 is 0 Å². The highest BCUT2D eigenvalue weighted by Gasteiger charge is 2.34. The standard InChI is InChI=1S/C17H12BrN3O2/c1-23-21-15-10-4-2-3-5-12(10)19-16(15)14-11-8-9(18)6-7-13(11)20-17(14)22/h2-8,19H,1H3,(H,20,22)/b16-14-,21-15+. The number of nitrogens with one attached hydrogen (secondary N) is 2. The summed E-state index contributed by atoms with van der Waals surface area (Å²) >= 11 is 3.46. The van der Waals surface area contributed by atoms with Gasteiger partial charge in [0.2, 0.25) is 0 Å². The number of allylic oxidation sites excluding steroid dienone is 1. The van der Waals surface area contributed by atoms with Gasteiger partial charge in [0, 0.05) is 27.0 Å². The van der Waals surface area contributed by atoms with E-state index in [2.05, 4.69) is 31.7 Å². The lowest BCUT2D eigenvalue weighted by atomic mass is 10.0. The van der Waals surface area contributed by atoms with Gasteiger partial charge in [-0.2, -0.15) is 0 Å². The molecule has 5 nitrogen and oxygen atoms in total. The van der Waals surface area contributed by atoms with E-state index in [0.717, 1.165) is 27.0 Å². The molecule has 0 saturated carbocycles. The van der Waals surface area contributed by atoms with Crippen molar-refractivity contribution in [3.63, 3.8) is 0 Å². The highest BCUT2D eigenvalue weighted by atomic mass is 79.9. The van der Waals surface area contributed by atoms with Crippen molar-refractivity contribution in [2.75, 3.05) is 17.7 Å². The molecule has 0 aromatic heterocycles. The van der Waals surface area contributed by atoms with Gasteiger partial charge in [0.1, 0.15) is 12.8 Å². The van der Waals surface area contributed by atoms with E-state index in [-0.39, 0.29) is 5.91 Å². The average Bonchev–Trinajstić information content (AvgIpc) is 3.05. The first-order chi connectivity index (χ1) is 11.2. The maximum absolute atomic E-state index is 12.5. The summed E-state index contributed by atoms with van der Waals surface area (Å²) in [7, 11) is 1.50. The number of benzene rings is 2. The van der Waals surface area contributed by atoms with Crippen LogP contribution in [0.4, 0.5) is 11.4 Å². The summed E-state index contributed by atoms with van der Waals surface area (Å²) in [5, 5.41) is 10.3. The Bertz CT molecular complexity index is 902. The number of anilines is 2. The number of fused-ring (bicyclic) bond motifs is 2. The zero-order valence-corrected chi connectivity index (χ0v) is 13.8. The van der Waals surface area contributed by atoms with Gasteiger partial charge in [-0.25, -0.2) is 0 Å². The first-order valence-corrected chi connectivity index (χ1v) is 7.82. The minimum Gasteiger partial charge on any atom is -0.399 e. The van der Waals surface area contributed by atoms with Gasteiger partial charge in [-0.15, -0.1) is 0 Å². The van der Waals surface area contributed by atoms with Gasteiger partial charge >= 0.3 is 0 Å². The number of hydrogen-bond acceptors (Lipinski definition) is 4. The van der Waals surface area contributed by atoms with Crippen LogP contribution in [0.15, 0.2) is 57.8 Å². The van der Waals surface area contributed by atoms with Gasteiger partial charge in [-0.3, -0.25) is 4.79 Å². The number of oxime groups is 1. The third-order valence-corrected chi connectivity index (χ3v) is 4.33. The van der Waals surface area contributed by atoms with E-state index in [1.807, 2.05) is 42.5 Å². The fraction of sp³-hybridized carbons (Fsp3) is 0.0588. The normalized spacial score (nSPS) is 20.1. The van der Waals surface area contributed by atoms with E-state index >= 15 is 0 Å². The van der Waals surface area contributed by atoms with Crippen LogP contribution in [0.1, 0.15) is 11.1 Å². The number of para-hydroxylation sites is 1. The van der Waals surface area contributed by atoms with E-state index in [0.29, 0.717) is 17.0 Å². The third-order valence-electron chi connectivity index (χ3n) is 3.84. The molecule has 0 atom stereocenters. The lowest BCUT2D eigenvalue weighted by Crippen LogP contribution is -2.12. The summed E-state index contributed by atoms with van der Waals surface area (Å²) in [6.45, 7) is 0. The number of carbonyl (C=O) groups excluding carboxylic acids is 1. The summed E-state index contributed by atoms with van der Waals surface area (Å²) in [5.41, 5.74) is 5.28. The molecule has 2 heterocycles. The van der Waals surface area contributed by atoms with E-state index in [4.69, 9.17) is 4.84 Å². The van der Waals surface area contributed by atoms with Crippen LogP contribution in [0.5, 0.6) is 0 Å². The molecule has 1 amide bonds. The summed E-state index contributed by atoms with van der Waals surface area (Å²) < 4.78 is 0.909. The predicted molar refractivity (Wildman–Crippen MR) is 93.3 cm³/mol. The number of halogens is 1. The second-order valence-corrected chi connectivity index (χ2v) is 6.10. The van der Waals surface area contributed by atoms with Crippen molar-refractivity contribution < 1.29 is 9.63 Å². The van der Waals surface area contributed by atoms with Crippen molar-refractivity contribution in [1.82, 2.24) is 0 Å². The monoisotopic (exact) mass is 369 g/mol. The molecule has 114 valence electrons. The van der Waals surface area contributed by atoms with Crippen LogP contribution in [0.2, 0.25) is 0 Å². The van der Waals surface area contributed by atoms with Crippen LogP contribution < -0.4 is 10.6 Å². The van der Waals surface area contributed by atoms with Crippen molar-refractivity contribution in [2.24, 2.45) is 5.16 Å². The maximum Gasteiger partial charge on any atom is 0.258 e. The quantitative estimate of drug-likeness (QED) is 0.596. The Balaban J connectivity index is 1.97. The second-order valence-electron chi connectivity index (χ2n) is 5.19. The smallest absolute Gasteiger partial charge is 0.258 e. The molecule has 2 N–H and O–H groups in total. The molecule has 2 aliphatic rings. The molecule has 4 rings (SSSR count). The SMILES string of the molecule is CO/N=C1/C(=C2/C(=O)Nc3ccc(Br)cc32)Nc2ccccc21. The van der Waals surface area contributed by atoms with Crippen LogP contribution in [0.3, 0.4) is 0 Å². The third kappa shape index (κ3) is 2.14. The number of amides is 1. The molecule has 0 saturated heterocycles. The summed E-state index contributed by atoms with van der Waals surface area (Å²) in [4.78, 5) is 17.5. The molecule has 2 aromatic carbocycles. The number of hydrogen-bond donors (Lipinski definition) is 2. The van der Waals surface area contributed by atoms with Crippen LogP contribution in [0.25, 0.3) is 5.57 Å². The molecule has 0 spiro atoms. The van der Waals surface area contributed by atoms with E-state index in [9.17, 15) is 4.79 Å². The topological polar surface area (TPSA) is 62.7 Å². The van der Waals surface area contributed by atoms with Crippen molar-refractivity contribution in [2.45, 2.75) is 0 Å². The highest BCUT2D eigenvalue weighted by Crippen LogP contribution is 2.39. The van der Waals surface area contributed by atoms with Gasteiger partial charge in [0.25, 0.3) is 5.91 Å². The van der Waals surface area contributed by atoms with Crippen LogP contribution in [-0.4, -0.2) is 18.7 Å². The Morgan fingerprint density at radius 1 is 1.04 bits per heavy atom. The predicted octanol–water partition coefficient (Wildman–Crippen LogP) is 3.59. The van der Waals surface area contributed by atoms with Gasteiger partial charge in [0.15, 0.2) is 0 Å². The fourth-order valence-electron chi connectivity index (χ4n) is 2.88. The van der Waals surface area contributed by atoms with E-state index in [1.54, 1.807) is 0 Å². The molecule has 0 fully saturated rings. The Kier molecular flexibility index (Phi) is 3.20. The molecular weight excluding hydrogens is 358 g/mol. The molecule has 23 heavy (non-hydrogen) atoms. The molecule has 0 radical (unpaired) electrons. The second kappa shape index (κ2) is 5.24. The maximum atomic E-state index is 12.5. The highest BCUT2D eigenvalue weighted by molar-refractivity contribution is 9.10. The molecule has 0 unspecified atom stereocenters. The molecule has 2 aliphatic heterocycles. The largest absolute Gasteiger partial charge is 0.399 e. The van der Waals surface area contributed by atoms with Gasteiger partial charge in [0.05, 0.1) is 11.3 Å². The first-order valence-electron chi connectivity index (χ1n) is 7.02. The summed E-state index contributed by atoms with van der Waals surface area (Å²) in [6, 6.07) is 13.4. The molecule has 0 bridgehead atoms. The Morgan fingerprint density at radius 3 is 2.65 bits per heavy atom. The van der Waals surface area contributed by atoms with Crippen LogP contribution in [0, 0.1) is 0 Å². The average molecular weight is 370 g/mol. The van der Waals surface area contributed by atoms with Crippen LogP contribution in [-0.2, 0) is 9.63 Å². The lowest BCUT2D eigenvalue weighted by Gasteiger charge is -2.06. The Labute approximate surface area is 141 Å². The first kappa shape index (κ1) is 14.0. The lowest BCUT2D eigenvalue weighted by molar-refractivity contribution is -0.110. The van der Waals surface area contributed by atoms with Gasteiger partial charge in [-0.1, -0.05) is 39.3 Å². The van der Waals surface area contributed by atoms with Crippen molar-refractivity contribution >= 4 is 44.5 Å². The minimum absolute atomic E-state index is 0.155. The van der Waals surface area contributed by atoms with E-state index in [1.165, 1.54) is 7.11 Å². The van der Waals surface area contributed by atoms with Crippen molar-refractivity contribution in [1.29, 1.82) is 0 Å². The summed E-state index contributed by atoms with van der Waals surface area (Å²) in [6.07, 6.45) is 0. The number of carbonyl (C=O) groups is 1. The molecular formula is C17H12BrN3O2. The van der Waals surface area contributed by atoms with Crippen LogP contribution >= 0.6 is 15.9 Å². The van der Waals surface area contributed by atoms with Crippen molar-refractivity contribution in [3.8, 4) is 0 Å². The minimum atomic E-state index is -0.155. The van der Waals surface area contributed by atoms with Gasteiger partial charge < -0.3 is 15.5 Å². The molecule has 6 heteroatoms. The molecule has 0 aliphatic carbocycles. The Hall–Kier alpha value is -2.60. The zero-order chi connectivity index (χ0) is 16.0.